The molecule has 3 aromatic carbocycles. The molecular formula is C21H22O. The molecule has 0 atom stereocenters. The van der Waals surface area contributed by atoms with Crippen molar-refractivity contribution in [3.8, 4) is 5.75 Å². The summed E-state index contributed by atoms with van der Waals surface area (Å²) in [7, 11) is 1.73. The fourth-order valence-electron chi connectivity index (χ4n) is 3.13. The Balaban J connectivity index is 2.09. The van der Waals surface area contributed by atoms with E-state index in [1.807, 2.05) is 0 Å². The highest BCUT2D eigenvalue weighted by Gasteiger charge is 2.10. The number of benzene rings is 3. The molecule has 3 aromatic rings. The molecular weight excluding hydrogens is 268 g/mol. The lowest BCUT2D eigenvalue weighted by Gasteiger charge is -2.15. The van der Waals surface area contributed by atoms with Crippen LogP contribution < -0.4 is 4.74 Å². The van der Waals surface area contributed by atoms with Crippen LogP contribution in [-0.4, -0.2) is 7.11 Å². The Labute approximate surface area is 132 Å². The molecule has 0 saturated carbocycles. The highest BCUT2D eigenvalue weighted by molar-refractivity contribution is 5.91. The fourth-order valence-corrected chi connectivity index (χ4v) is 3.13. The van der Waals surface area contributed by atoms with Gasteiger partial charge in [-0.05, 0) is 40.5 Å². The first-order valence-corrected chi connectivity index (χ1v) is 7.83. The molecule has 22 heavy (non-hydrogen) atoms. The van der Waals surface area contributed by atoms with E-state index in [0.29, 0.717) is 5.92 Å². The van der Waals surface area contributed by atoms with Crippen molar-refractivity contribution in [2.24, 2.45) is 0 Å². The normalized spacial score (nSPS) is 11.1. The van der Waals surface area contributed by atoms with Gasteiger partial charge >= 0.3 is 0 Å². The molecule has 112 valence electrons. The van der Waals surface area contributed by atoms with E-state index >= 15 is 0 Å². The Hall–Kier alpha value is -2.28. The molecule has 0 unspecified atom stereocenters. The highest BCUT2D eigenvalue weighted by atomic mass is 16.5. The monoisotopic (exact) mass is 290 g/mol. The van der Waals surface area contributed by atoms with E-state index in [-0.39, 0.29) is 0 Å². The predicted octanol–water partition coefficient (Wildman–Crippen LogP) is 5.56. The van der Waals surface area contributed by atoms with Crippen LogP contribution >= 0.6 is 0 Å². The van der Waals surface area contributed by atoms with Crippen LogP contribution in [0.4, 0.5) is 0 Å². The summed E-state index contributed by atoms with van der Waals surface area (Å²) >= 11 is 0. The maximum atomic E-state index is 5.49. The quantitative estimate of drug-likeness (QED) is 0.611. The van der Waals surface area contributed by atoms with Crippen LogP contribution in [0.2, 0.25) is 0 Å². The first-order chi connectivity index (χ1) is 10.7. The van der Waals surface area contributed by atoms with Crippen molar-refractivity contribution in [3.05, 3.63) is 77.4 Å². The molecule has 0 radical (unpaired) electrons. The molecule has 0 bridgehead atoms. The lowest BCUT2D eigenvalue weighted by molar-refractivity contribution is 0.419. The smallest absolute Gasteiger partial charge is 0.126 e. The Morgan fingerprint density at radius 1 is 0.773 bits per heavy atom. The first kappa shape index (κ1) is 14.6. The number of fused-ring (bicyclic) bond motifs is 1. The molecule has 3 rings (SSSR count). The number of rotatable bonds is 4. The third-order valence-electron chi connectivity index (χ3n) is 4.25. The first-order valence-electron chi connectivity index (χ1n) is 7.83. The second kappa shape index (κ2) is 6.23. The average Bonchev–Trinajstić information content (AvgIpc) is 2.55. The minimum Gasteiger partial charge on any atom is -0.496 e. The Kier molecular flexibility index (Phi) is 4.15. The number of ether oxygens (including phenoxy) is 1. The van der Waals surface area contributed by atoms with Crippen molar-refractivity contribution in [3.63, 3.8) is 0 Å². The van der Waals surface area contributed by atoms with E-state index in [2.05, 4.69) is 74.5 Å². The summed E-state index contributed by atoms with van der Waals surface area (Å²) in [6, 6.07) is 21.5. The molecule has 0 saturated heterocycles. The molecule has 0 heterocycles. The zero-order chi connectivity index (χ0) is 15.5. The van der Waals surface area contributed by atoms with E-state index in [1.54, 1.807) is 7.11 Å². The number of hydrogen-bond acceptors (Lipinski definition) is 1. The van der Waals surface area contributed by atoms with Crippen LogP contribution in [0.1, 0.15) is 36.5 Å². The van der Waals surface area contributed by atoms with Gasteiger partial charge in [-0.1, -0.05) is 68.4 Å². The molecule has 0 aliphatic rings. The topological polar surface area (TPSA) is 9.23 Å². The predicted molar refractivity (Wildman–Crippen MR) is 93.8 cm³/mol. The van der Waals surface area contributed by atoms with Gasteiger partial charge < -0.3 is 4.74 Å². The highest BCUT2D eigenvalue weighted by Crippen LogP contribution is 2.31. The SMILES string of the molecule is COc1ccc(Cc2ccccc2C(C)C)c2ccccc12. The summed E-state index contributed by atoms with van der Waals surface area (Å²) in [5.41, 5.74) is 4.19. The van der Waals surface area contributed by atoms with Crippen molar-refractivity contribution in [2.45, 2.75) is 26.2 Å². The van der Waals surface area contributed by atoms with Crippen LogP contribution in [0.5, 0.6) is 5.75 Å². The van der Waals surface area contributed by atoms with E-state index < -0.39 is 0 Å². The van der Waals surface area contributed by atoms with Gasteiger partial charge in [-0.25, -0.2) is 0 Å². The summed E-state index contributed by atoms with van der Waals surface area (Å²) < 4.78 is 5.49. The van der Waals surface area contributed by atoms with Gasteiger partial charge in [0, 0.05) is 5.39 Å². The molecule has 0 spiro atoms. The maximum Gasteiger partial charge on any atom is 0.126 e. The minimum atomic E-state index is 0.542. The third-order valence-corrected chi connectivity index (χ3v) is 4.25. The van der Waals surface area contributed by atoms with Gasteiger partial charge in [0.2, 0.25) is 0 Å². The van der Waals surface area contributed by atoms with E-state index in [1.165, 1.54) is 27.5 Å². The summed E-state index contributed by atoms with van der Waals surface area (Å²) in [6.45, 7) is 4.51. The Morgan fingerprint density at radius 3 is 2.18 bits per heavy atom. The molecule has 0 N–H and O–H groups in total. The van der Waals surface area contributed by atoms with E-state index in [9.17, 15) is 0 Å². The maximum absolute atomic E-state index is 5.49. The van der Waals surface area contributed by atoms with Crippen LogP contribution in [0.25, 0.3) is 10.8 Å². The molecule has 1 heteroatoms. The van der Waals surface area contributed by atoms with Gasteiger partial charge in [0.1, 0.15) is 5.75 Å². The lowest BCUT2D eigenvalue weighted by Crippen LogP contribution is -1.98. The fraction of sp³-hybridized carbons (Fsp3) is 0.238. The molecule has 0 aromatic heterocycles. The second-order valence-corrected chi connectivity index (χ2v) is 6.00. The van der Waals surface area contributed by atoms with Crippen molar-refractivity contribution in [1.82, 2.24) is 0 Å². The molecule has 0 amide bonds. The van der Waals surface area contributed by atoms with Gasteiger partial charge in [0.05, 0.1) is 7.11 Å². The Bertz CT molecular complexity index is 787. The molecule has 1 nitrogen and oxygen atoms in total. The van der Waals surface area contributed by atoms with Crippen molar-refractivity contribution in [1.29, 1.82) is 0 Å². The van der Waals surface area contributed by atoms with Gasteiger partial charge in [-0.15, -0.1) is 0 Å². The van der Waals surface area contributed by atoms with E-state index in [4.69, 9.17) is 4.74 Å². The van der Waals surface area contributed by atoms with Gasteiger partial charge in [-0.2, -0.15) is 0 Å². The summed E-state index contributed by atoms with van der Waals surface area (Å²) in [6.07, 6.45) is 0.957. The molecule has 0 aliphatic carbocycles. The minimum absolute atomic E-state index is 0.542. The van der Waals surface area contributed by atoms with Crippen molar-refractivity contribution in [2.75, 3.05) is 7.11 Å². The molecule has 0 fully saturated rings. The molecule has 0 aliphatic heterocycles. The van der Waals surface area contributed by atoms with Crippen LogP contribution in [-0.2, 0) is 6.42 Å². The zero-order valence-corrected chi connectivity index (χ0v) is 13.5. The van der Waals surface area contributed by atoms with Gasteiger partial charge in [0.25, 0.3) is 0 Å². The van der Waals surface area contributed by atoms with Gasteiger partial charge in [0.15, 0.2) is 0 Å². The zero-order valence-electron chi connectivity index (χ0n) is 13.5. The van der Waals surface area contributed by atoms with Crippen molar-refractivity contribution < 1.29 is 4.74 Å². The lowest BCUT2D eigenvalue weighted by atomic mass is 9.91. The van der Waals surface area contributed by atoms with Crippen LogP contribution in [0, 0.1) is 0 Å². The Morgan fingerprint density at radius 2 is 1.45 bits per heavy atom. The van der Waals surface area contributed by atoms with Crippen LogP contribution in [0.3, 0.4) is 0 Å². The van der Waals surface area contributed by atoms with Gasteiger partial charge in [-0.3, -0.25) is 0 Å². The summed E-state index contributed by atoms with van der Waals surface area (Å²) in [4.78, 5) is 0. The second-order valence-electron chi connectivity index (χ2n) is 6.00. The van der Waals surface area contributed by atoms with E-state index in [0.717, 1.165) is 12.2 Å². The number of hydrogen-bond donors (Lipinski definition) is 0. The summed E-state index contributed by atoms with van der Waals surface area (Å²) in [5, 5.41) is 2.46. The average molecular weight is 290 g/mol. The standard InChI is InChI=1S/C21H22O/c1-15(2)18-9-5-4-8-16(18)14-17-12-13-21(22-3)20-11-7-6-10-19(17)20/h4-13,15H,14H2,1-3H3. The third kappa shape index (κ3) is 2.71. The summed E-state index contributed by atoms with van der Waals surface area (Å²) in [5.74, 6) is 1.48. The largest absolute Gasteiger partial charge is 0.496 e. The van der Waals surface area contributed by atoms with Crippen molar-refractivity contribution >= 4 is 10.8 Å². The number of methoxy groups -OCH3 is 1. The van der Waals surface area contributed by atoms with Crippen LogP contribution in [0.15, 0.2) is 60.7 Å².